The van der Waals surface area contributed by atoms with Crippen molar-refractivity contribution in [3.8, 4) is 0 Å². The highest BCUT2D eigenvalue weighted by Crippen LogP contribution is 2.21. The molecule has 1 amide bonds. The third kappa shape index (κ3) is 3.69. The summed E-state index contributed by atoms with van der Waals surface area (Å²) < 4.78 is 5.20. The maximum absolute atomic E-state index is 11.8. The van der Waals surface area contributed by atoms with E-state index in [1.807, 2.05) is 6.08 Å². The number of carbonyl (C=O) groups is 1. The monoisotopic (exact) mass is 276 g/mol. The van der Waals surface area contributed by atoms with Crippen molar-refractivity contribution in [2.24, 2.45) is 0 Å². The molecule has 1 aromatic rings. The van der Waals surface area contributed by atoms with Crippen molar-refractivity contribution < 1.29 is 9.53 Å². The van der Waals surface area contributed by atoms with Gasteiger partial charge in [0.15, 0.2) is 0 Å². The molecule has 1 aliphatic rings. The second-order valence-corrected chi connectivity index (χ2v) is 4.72. The van der Waals surface area contributed by atoms with E-state index in [1.165, 1.54) is 0 Å². The summed E-state index contributed by atoms with van der Waals surface area (Å²) in [5.74, 6) is 0.270. The summed E-state index contributed by atoms with van der Waals surface area (Å²) in [6.45, 7) is 3.78. The molecular formula is C14H20N4O2. The van der Waals surface area contributed by atoms with Gasteiger partial charge in [-0.3, -0.25) is 0 Å². The average molecular weight is 276 g/mol. The van der Waals surface area contributed by atoms with Crippen LogP contribution >= 0.6 is 0 Å². The van der Waals surface area contributed by atoms with Crippen LogP contribution in [0.25, 0.3) is 5.57 Å². The number of nitrogens with zero attached hydrogens (tertiary/aromatic N) is 3. The molecule has 20 heavy (non-hydrogen) atoms. The van der Waals surface area contributed by atoms with Crippen LogP contribution in [0.2, 0.25) is 0 Å². The number of ether oxygens (including phenoxy) is 1. The summed E-state index contributed by atoms with van der Waals surface area (Å²) in [5, 5.41) is 0. The highest BCUT2D eigenvalue weighted by atomic mass is 16.6. The van der Waals surface area contributed by atoms with Gasteiger partial charge >= 0.3 is 6.09 Å². The van der Waals surface area contributed by atoms with Crippen molar-refractivity contribution in [3.05, 3.63) is 24.0 Å². The largest absolute Gasteiger partial charge is 0.449 e. The molecule has 1 aliphatic heterocycles. The Labute approximate surface area is 118 Å². The minimum atomic E-state index is -0.234. The topological polar surface area (TPSA) is 81.3 Å². The fourth-order valence-corrected chi connectivity index (χ4v) is 2.00. The summed E-state index contributed by atoms with van der Waals surface area (Å²) in [6, 6.07) is 0. The summed E-state index contributed by atoms with van der Waals surface area (Å²) >= 11 is 0. The number of hydrogen-bond acceptors (Lipinski definition) is 5. The SMILES string of the molecule is CCCCOC(=O)N1CC=C(c2cnc(N)nc2)CC1. The van der Waals surface area contributed by atoms with Crippen LogP contribution in [0.5, 0.6) is 0 Å². The quantitative estimate of drug-likeness (QED) is 0.851. The van der Waals surface area contributed by atoms with E-state index in [0.717, 1.165) is 30.4 Å². The normalized spacial score (nSPS) is 14.8. The van der Waals surface area contributed by atoms with Crippen molar-refractivity contribution in [2.75, 3.05) is 25.4 Å². The van der Waals surface area contributed by atoms with Crippen molar-refractivity contribution in [3.63, 3.8) is 0 Å². The van der Waals surface area contributed by atoms with Crippen LogP contribution in [0.15, 0.2) is 18.5 Å². The van der Waals surface area contributed by atoms with Gasteiger partial charge in [-0.1, -0.05) is 19.4 Å². The lowest BCUT2D eigenvalue weighted by atomic mass is 10.0. The van der Waals surface area contributed by atoms with Gasteiger partial charge in [0.05, 0.1) is 6.61 Å². The number of anilines is 1. The fourth-order valence-electron chi connectivity index (χ4n) is 2.00. The maximum atomic E-state index is 11.8. The predicted molar refractivity (Wildman–Crippen MR) is 76.9 cm³/mol. The summed E-state index contributed by atoms with van der Waals surface area (Å²) in [6.07, 6.45) is 7.91. The Morgan fingerprint density at radius 2 is 2.20 bits per heavy atom. The van der Waals surface area contributed by atoms with Gasteiger partial charge in [0.2, 0.25) is 5.95 Å². The number of amides is 1. The van der Waals surface area contributed by atoms with Crippen LogP contribution in [-0.4, -0.2) is 40.7 Å². The molecular weight excluding hydrogens is 256 g/mol. The Balaban J connectivity index is 1.89. The second kappa shape index (κ2) is 6.88. The Morgan fingerprint density at radius 1 is 1.45 bits per heavy atom. The molecule has 0 unspecified atom stereocenters. The third-order valence-corrected chi connectivity index (χ3v) is 3.23. The van der Waals surface area contributed by atoms with Gasteiger partial charge in [-0.05, 0) is 18.4 Å². The Hall–Kier alpha value is -2.11. The van der Waals surface area contributed by atoms with E-state index in [2.05, 4.69) is 16.9 Å². The van der Waals surface area contributed by atoms with Gasteiger partial charge in [-0.15, -0.1) is 0 Å². The molecule has 0 saturated carbocycles. The van der Waals surface area contributed by atoms with Gasteiger partial charge in [0.25, 0.3) is 0 Å². The van der Waals surface area contributed by atoms with Gasteiger partial charge < -0.3 is 15.4 Å². The van der Waals surface area contributed by atoms with Crippen LogP contribution in [0.4, 0.5) is 10.7 Å². The van der Waals surface area contributed by atoms with Crippen LogP contribution in [0, 0.1) is 0 Å². The van der Waals surface area contributed by atoms with Crippen LogP contribution in [0.3, 0.4) is 0 Å². The average Bonchev–Trinajstić information content (AvgIpc) is 2.48. The molecule has 0 aromatic carbocycles. The van der Waals surface area contributed by atoms with E-state index < -0.39 is 0 Å². The minimum absolute atomic E-state index is 0.234. The van der Waals surface area contributed by atoms with E-state index in [-0.39, 0.29) is 12.0 Å². The summed E-state index contributed by atoms with van der Waals surface area (Å²) in [4.78, 5) is 21.5. The van der Waals surface area contributed by atoms with E-state index in [0.29, 0.717) is 19.7 Å². The Morgan fingerprint density at radius 3 is 2.80 bits per heavy atom. The van der Waals surface area contributed by atoms with E-state index in [1.54, 1.807) is 17.3 Å². The van der Waals surface area contributed by atoms with Crippen molar-refractivity contribution in [1.29, 1.82) is 0 Å². The first-order valence-electron chi connectivity index (χ1n) is 6.89. The molecule has 2 N–H and O–H groups in total. The lowest BCUT2D eigenvalue weighted by Gasteiger charge is -2.25. The molecule has 0 fully saturated rings. The van der Waals surface area contributed by atoms with Crippen molar-refractivity contribution in [1.82, 2.24) is 14.9 Å². The number of rotatable bonds is 4. The summed E-state index contributed by atoms with van der Waals surface area (Å²) in [5.41, 5.74) is 7.56. The van der Waals surface area contributed by atoms with Crippen molar-refractivity contribution in [2.45, 2.75) is 26.2 Å². The van der Waals surface area contributed by atoms with E-state index in [9.17, 15) is 4.79 Å². The molecule has 6 heteroatoms. The third-order valence-electron chi connectivity index (χ3n) is 3.23. The molecule has 1 aromatic heterocycles. The first-order valence-corrected chi connectivity index (χ1v) is 6.89. The standard InChI is InChI=1S/C14H20N4O2/c1-2-3-8-20-14(19)18-6-4-11(5-7-18)12-9-16-13(15)17-10-12/h4,9-10H,2-3,5-8H2,1H3,(H2,15,16,17). The highest BCUT2D eigenvalue weighted by Gasteiger charge is 2.19. The lowest BCUT2D eigenvalue weighted by molar-refractivity contribution is 0.105. The zero-order chi connectivity index (χ0) is 14.4. The Bertz CT molecular complexity index is 484. The first-order chi connectivity index (χ1) is 9.70. The Kier molecular flexibility index (Phi) is 4.92. The smallest absolute Gasteiger partial charge is 0.410 e. The predicted octanol–water partition coefficient (Wildman–Crippen LogP) is 2.08. The minimum Gasteiger partial charge on any atom is -0.449 e. The highest BCUT2D eigenvalue weighted by molar-refractivity contribution is 5.72. The number of nitrogens with two attached hydrogens (primary N) is 1. The van der Waals surface area contributed by atoms with Crippen LogP contribution in [-0.2, 0) is 4.74 Å². The zero-order valence-corrected chi connectivity index (χ0v) is 11.7. The van der Waals surface area contributed by atoms with Gasteiger partial charge in [0.1, 0.15) is 0 Å². The number of nitrogen functional groups attached to an aromatic ring is 1. The van der Waals surface area contributed by atoms with E-state index in [4.69, 9.17) is 10.5 Å². The molecule has 0 radical (unpaired) electrons. The molecule has 0 atom stereocenters. The van der Waals surface area contributed by atoms with Crippen LogP contribution in [0.1, 0.15) is 31.7 Å². The molecule has 108 valence electrons. The number of hydrogen-bond donors (Lipinski definition) is 1. The molecule has 0 saturated heterocycles. The molecule has 0 bridgehead atoms. The zero-order valence-electron chi connectivity index (χ0n) is 11.7. The van der Waals surface area contributed by atoms with Gasteiger partial charge in [-0.2, -0.15) is 0 Å². The van der Waals surface area contributed by atoms with Crippen LogP contribution < -0.4 is 5.73 Å². The molecule has 2 heterocycles. The van der Waals surface area contributed by atoms with Crippen molar-refractivity contribution >= 4 is 17.6 Å². The lowest BCUT2D eigenvalue weighted by Crippen LogP contribution is -2.35. The maximum Gasteiger partial charge on any atom is 0.410 e. The van der Waals surface area contributed by atoms with E-state index >= 15 is 0 Å². The number of unbranched alkanes of at least 4 members (excludes halogenated alkanes) is 1. The first kappa shape index (κ1) is 14.3. The second-order valence-electron chi connectivity index (χ2n) is 4.72. The molecule has 6 nitrogen and oxygen atoms in total. The number of aromatic nitrogens is 2. The summed E-state index contributed by atoms with van der Waals surface area (Å²) in [7, 11) is 0. The molecule has 0 aliphatic carbocycles. The number of carbonyl (C=O) groups excluding carboxylic acids is 1. The molecule has 2 rings (SSSR count). The molecule has 0 spiro atoms. The fraction of sp³-hybridized carbons (Fsp3) is 0.500. The van der Waals surface area contributed by atoms with Gasteiger partial charge in [0, 0.05) is 31.0 Å². The van der Waals surface area contributed by atoms with Gasteiger partial charge in [-0.25, -0.2) is 14.8 Å².